The van der Waals surface area contributed by atoms with Gasteiger partial charge in [0.1, 0.15) is 48.8 Å². The van der Waals surface area contributed by atoms with Crippen LogP contribution in [-0.4, -0.2) is 140 Å². The SMILES string of the molecule is CC/C=C\C/C=C\C/C=C\C/C=C\CCCCCCCCC(=O)NC(COC1OC(CO)C(OC2OC(CO)C(O)C(O)C2O)C(O)C1O)C(O)/C=C/CC/C=C/CCC. The molecule has 344 valence electrons. The van der Waals surface area contributed by atoms with Gasteiger partial charge in [0.15, 0.2) is 12.6 Å². The van der Waals surface area contributed by atoms with Gasteiger partial charge in [-0.3, -0.25) is 4.79 Å². The third-order valence-electron chi connectivity index (χ3n) is 10.4. The number of hydrogen-bond donors (Lipinski definition) is 9. The van der Waals surface area contributed by atoms with Gasteiger partial charge in [-0.1, -0.05) is 119 Å². The number of aliphatic hydroxyl groups is 8. The molecule has 2 saturated heterocycles. The predicted molar refractivity (Wildman–Crippen MR) is 230 cm³/mol. The average molecular weight is 852 g/mol. The Bertz CT molecular complexity index is 1280. The predicted octanol–water partition coefficient (Wildman–Crippen LogP) is 4.09. The maximum absolute atomic E-state index is 13.0. The molecular formula is C46H77NO13. The monoisotopic (exact) mass is 852 g/mol. The van der Waals surface area contributed by atoms with Gasteiger partial charge in [0.2, 0.25) is 5.91 Å². The molecule has 60 heavy (non-hydrogen) atoms. The first kappa shape index (κ1) is 53.6. The average Bonchev–Trinajstić information content (AvgIpc) is 3.24. The molecule has 0 bridgehead atoms. The van der Waals surface area contributed by atoms with Crippen LogP contribution in [0.5, 0.6) is 0 Å². The lowest BCUT2D eigenvalue weighted by Crippen LogP contribution is -2.65. The third kappa shape index (κ3) is 21.0. The van der Waals surface area contributed by atoms with Crippen LogP contribution in [0.2, 0.25) is 0 Å². The van der Waals surface area contributed by atoms with Crippen molar-refractivity contribution in [1.82, 2.24) is 5.32 Å². The molecule has 12 unspecified atom stereocenters. The van der Waals surface area contributed by atoms with Gasteiger partial charge in [-0.05, 0) is 64.2 Å². The van der Waals surface area contributed by atoms with Crippen molar-refractivity contribution in [3.63, 3.8) is 0 Å². The van der Waals surface area contributed by atoms with Crippen LogP contribution >= 0.6 is 0 Å². The van der Waals surface area contributed by atoms with Crippen molar-refractivity contribution >= 4 is 5.91 Å². The van der Waals surface area contributed by atoms with Gasteiger partial charge in [-0.2, -0.15) is 0 Å². The van der Waals surface area contributed by atoms with Gasteiger partial charge in [0, 0.05) is 6.42 Å². The molecule has 0 spiro atoms. The number of aliphatic hydroxyl groups excluding tert-OH is 8. The summed E-state index contributed by atoms with van der Waals surface area (Å²) < 4.78 is 22.5. The Morgan fingerprint density at radius 3 is 1.82 bits per heavy atom. The molecule has 0 aromatic heterocycles. The summed E-state index contributed by atoms with van der Waals surface area (Å²) in [5.41, 5.74) is 0. The van der Waals surface area contributed by atoms with Gasteiger partial charge in [-0.25, -0.2) is 0 Å². The van der Waals surface area contributed by atoms with E-state index in [0.29, 0.717) is 12.8 Å². The van der Waals surface area contributed by atoms with Crippen molar-refractivity contribution in [3.8, 4) is 0 Å². The lowest BCUT2D eigenvalue weighted by molar-refractivity contribution is -0.359. The quantitative estimate of drug-likeness (QED) is 0.0354. The summed E-state index contributed by atoms with van der Waals surface area (Å²) in [6.45, 7) is 2.48. The Hall–Kier alpha value is -2.57. The number of carbonyl (C=O) groups is 1. The van der Waals surface area contributed by atoms with Gasteiger partial charge < -0.3 is 65.1 Å². The van der Waals surface area contributed by atoms with Gasteiger partial charge in [0.05, 0.1) is 32.0 Å². The zero-order valence-corrected chi connectivity index (χ0v) is 35.9. The first-order chi connectivity index (χ1) is 29.1. The Morgan fingerprint density at radius 2 is 1.17 bits per heavy atom. The molecule has 2 rings (SSSR count). The molecule has 14 nitrogen and oxygen atoms in total. The fourth-order valence-corrected chi connectivity index (χ4v) is 6.71. The van der Waals surface area contributed by atoms with Crippen LogP contribution in [0, 0.1) is 0 Å². The molecule has 0 saturated carbocycles. The summed E-state index contributed by atoms with van der Waals surface area (Å²) in [5.74, 6) is -0.274. The summed E-state index contributed by atoms with van der Waals surface area (Å²) in [5, 5.41) is 86.1. The number of ether oxygens (including phenoxy) is 4. The van der Waals surface area contributed by atoms with Crippen molar-refractivity contribution < 1.29 is 64.6 Å². The second-order valence-electron chi connectivity index (χ2n) is 15.4. The van der Waals surface area contributed by atoms with Crippen LogP contribution in [0.1, 0.15) is 117 Å². The first-order valence-electron chi connectivity index (χ1n) is 22.2. The highest BCUT2D eigenvalue weighted by Gasteiger charge is 2.50. The highest BCUT2D eigenvalue weighted by Crippen LogP contribution is 2.29. The summed E-state index contributed by atoms with van der Waals surface area (Å²) in [4.78, 5) is 13.0. The lowest BCUT2D eigenvalue weighted by Gasteiger charge is -2.46. The van der Waals surface area contributed by atoms with Crippen molar-refractivity contribution in [2.24, 2.45) is 0 Å². The van der Waals surface area contributed by atoms with E-state index in [0.717, 1.165) is 83.5 Å². The molecule has 0 aromatic carbocycles. The number of unbranched alkanes of at least 4 members (excludes halogenated alkanes) is 8. The van der Waals surface area contributed by atoms with Gasteiger partial charge in [0.25, 0.3) is 0 Å². The molecule has 14 heteroatoms. The van der Waals surface area contributed by atoms with E-state index in [9.17, 15) is 45.6 Å². The van der Waals surface area contributed by atoms with E-state index < -0.39 is 86.8 Å². The van der Waals surface area contributed by atoms with E-state index in [1.54, 1.807) is 6.08 Å². The van der Waals surface area contributed by atoms with Crippen molar-refractivity contribution in [1.29, 1.82) is 0 Å². The van der Waals surface area contributed by atoms with Crippen LogP contribution in [0.25, 0.3) is 0 Å². The zero-order valence-electron chi connectivity index (χ0n) is 35.9. The van der Waals surface area contributed by atoms with Crippen LogP contribution < -0.4 is 5.32 Å². The number of allylic oxidation sites excluding steroid dienone is 11. The van der Waals surface area contributed by atoms with Gasteiger partial charge in [-0.15, -0.1) is 0 Å². The molecule has 2 aliphatic heterocycles. The molecule has 2 aliphatic rings. The second kappa shape index (κ2) is 33.0. The Kier molecular flexibility index (Phi) is 29.5. The molecule has 9 N–H and O–H groups in total. The molecule has 12 atom stereocenters. The molecule has 2 heterocycles. The van der Waals surface area contributed by atoms with E-state index >= 15 is 0 Å². The summed E-state index contributed by atoms with van der Waals surface area (Å²) in [6, 6.07) is -0.939. The Morgan fingerprint density at radius 1 is 0.617 bits per heavy atom. The second-order valence-corrected chi connectivity index (χ2v) is 15.4. The number of nitrogens with one attached hydrogen (secondary N) is 1. The molecule has 0 radical (unpaired) electrons. The molecule has 2 fully saturated rings. The third-order valence-corrected chi connectivity index (χ3v) is 10.4. The van der Waals surface area contributed by atoms with Crippen molar-refractivity contribution in [3.05, 3.63) is 72.9 Å². The van der Waals surface area contributed by atoms with E-state index in [1.165, 1.54) is 0 Å². The maximum Gasteiger partial charge on any atom is 0.220 e. The highest BCUT2D eigenvalue weighted by molar-refractivity contribution is 5.76. The van der Waals surface area contributed by atoms with Crippen LogP contribution in [0.3, 0.4) is 0 Å². The van der Waals surface area contributed by atoms with Crippen LogP contribution in [0.15, 0.2) is 72.9 Å². The fourth-order valence-electron chi connectivity index (χ4n) is 6.71. The normalized spacial score (nSPS) is 29.0. The summed E-state index contributed by atoms with van der Waals surface area (Å²) >= 11 is 0. The Balaban J connectivity index is 1.84. The highest BCUT2D eigenvalue weighted by atomic mass is 16.7. The number of hydrogen-bond acceptors (Lipinski definition) is 13. The first-order valence-corrected chi connectivity index (χ1v) is 22.2. The zero-order chi connectivity index (χ0) is 44.0. The standard InChI is InChI=1S/C46H77NO13/c1-3-5-7-9-11-12-13-14-15-16-17-18-19-20-21-22-24-26-28-30-38(51)47-34(35(50)29-27-25-23-10-8-6-4-2)33-57-45-43(56)41(54)44(37(32-49)59-45)60-46-42(55)40(53)39(52)36(31-48)58-46/h5,7-8,10-12,14-15,17-18,27,29,34-37,39-46,48-50,52-56H,3-4,6,9,13,16,19-26,28,30-33H2,1-2H3,(H,47,51)/b7-5-,10-8+,12-11-,15-14-,18-17-,29-27+. The molecule has 1 amide bonds. The minimum Gasteiger partial charge on any atom is -0.394 e. The topological polar surface area (TPSA) is 228 Å². The lowest BCUT2D eigenvalue weighted by atomic mass is 9.97. The van der Waals surface area contributed by atoms with E-state index in [2.05, 4.69) is 79.9 Å². The fraction of sp³-hybridized carbons (Fsp3) is 0.717. The van der Waals surface area contributed by atoms with E-state index in [1.807, 2.05) is 6.08 Å². The van der Waals surface area contributed by atoms with Crippen molar-refractivity contribution in [2.75, 3.05) is 19.8 Å². The van der Waals surface area contributed by atoms with Crippen molar-refractivity contribution in [2.45, 2.75) is 190 Å². The molecular weight excluding hydrogens is 774 g/mol. The minimum atomic E-state index is -1.79. The number of carbonyl (C=O) groups excluding carboxylic acids is 1. The summed E-state index contributed by atoms with van der Waals surface area (Å²) in [7, 11) is 0. The maximum atomic E-state index is 13.0. The van der Waals surface area contributed by atoms with E-state index in [-0.39, 0.29) is 18.9 Å². The van der Waals surface area contributed by atoms with E-state index in [4.69, 9.17) is 18.9 Å². The molecule has 0 aromatic rings. The van der Waals surface area contributed by atoms with Gasteiger partial charge >= 0.3 is 0 Å². The number of amides is 1. The smallest absolute Gasteiger partial charge is 0.220 e. The minimum absolute atomic E-state index is 0.252. The largest absolute Gasteiger partial charge is 0.394 e. The number of rotatable bonds is 31. The van der Waals surface area contributed by atoms with Crippen LogP contribution in [-0.2, 0) is 23.7 Å². The molecule has 0 aliphatic carbocycles. The Labute approximate surface area is 358 Å². The summed E-state index contributed by atoms with van der Waals surface area (Å²) in [6.07, 6.45) is 22.7. The van der Waals surface area contributed by atoms with Crippen LogP contribution in [0.4, 0.5) is 0 Å².